The zero-order valence-corrected chi connectivity index (χ0v) is 19.4. The molecular formula is C27H31N3O3. The standard InChI is InChI=1S/C27H31N3O3/c1-32-24-10-8-21(16-25(24)33-2)23-18-30-17-22(9-11-26(30)28-23)19-12-14-29(15-13-19)27(31)20-6-4-3-5-7-20/h8-12,16-18,20H,3-7,13-15H2,1-2H3. The second kappa shape index (κ2) is 9.30. The first-order valence-corrected chi connectivity index (χ1v) is 11.9. The highest BCUT2D eigenvalue weighted by Crippen LogP contribution is 2.33. The Kier molecular flexibility index (Phi) is 6.07. The van der Waals surface area contributed by atoms with Crippen LogP contribution in [-0.2, 0) is 4.79 Å². The van der Waals surface area contributed by atoms with Gasteiger partial charge in [0.05, 0.1) is 19.9 Å². The molecule has 6 nitrogen and oxygen atoms in total. The van der Waals surface area contributed by atoms with Crippen molar-refractivity contribution in [2.24, 2.45) is 5.92 Å². The van der Waals surface area contributed by atoms with Crippen LogP contribution in [0.15, 0.2) is 48.8 Å². The third-order valence-corrected chi connectivity index (χ3v) is 6.98. The van der Waals surface area contributed by atoms with Gasteiger partial charge in [-0.05, 0) is 60.7 Å². The number of carbonyl (C=O) groups is 1. The lowest BCUT2D eigenvalue weighted by molar-refractivity contribution is -0.136. The number of hydrogen-bond donors (Lipinski definition) is 0. The summed E-state index contributed by atoms with van der Waals surface area (Å²) in [5.74, 6) is 1.99. The summed E-state index contributed by atoms with van der Waals surface area (Å²) in [6, 6.07) is 10.0. The second-order valence-electron chi connectivity index (χ2n) is 8.98. The van der Waals surface area contributed by atoms with E-state index in [9.17, 15) is 4.79 Å². The molecule has 2 aromatic heterocycles. The maximum absolute atomic E-state index is 12.9. The van der Waals surface area contributed by atoms with Gasteiger partial charge in [0.2, 0.25) is 5.91 Å². The minimum atomic E-state index is 0.242. The first-order chi connectivity index (χ1) is 16.2. The highest BCUT2D eigenvalue weighted by atomic mass is 16.5. The van der Waals surface area contributed by atoms with Gasteiger partial charge >= 0.3 is 0 Å². The molecule has 0 bridgehead atoms. The van der Waals surface area contributed by atoms with Crippen LogP contribution in [0.4, 0.5) is 0 Å². The predicted octanol–water partition coefficient (Wildman–Crippen LogP) is 5.21. The van der Waals surface area contributed by atoms with Crippen LogP contribution in [0.2, 0.25) is 0 Å². The van der Waals surface area contributed by atoms with Crippen LogP contribution in [0.25, 0.3) is 22.5 Å². The van der Waals surface area contributed by atoms with Gasteiger partial charge in [-0.2, -0.15) is 0 Å². The molecule has 0 saturated heterocycles. The van der Waals surface area contributed by atoms with Gasteiger partial charge in [0.15, 0.2) is 11.5 Å². The quantitative estimate of drug-likeness (QED) is 0.541. The maximum Gasteiger partial charge on any atom is 0.225 e. The molecule has 0 N–H and O–H groups in total. The molecule has 6 heteroatoms. The normalized spacial score (nSPS) is 17.2. The summed E-state index contributed by atoms with van der Waals surface area (Å²) in [4.78, 5) is 19.7. The number of ether oxygens (including phenoxy) is 2. The number of methoxy groups -OCH3 is 2. The first-order valence-electron chi connectivity index (χ1n) is 11.9. The molecule has 0 radical (unpaired) electrons. The van der Waals surface area contributed by atoms with Gasteiger partial charge in [0.1, 0.15) is 5.65 Å². The third-order valence-electron chi connectivity index (χ3n) is 6.98. The molecule has 0 spiro atoms. The van der Waals surface area contributed by atoms with Crippen molar-refractivity contribution in [1.29, 1.82) is 0 Å². The Bertz CT molecular complexity index is 1190. The Morgan fingerprint density at radius 3 is 2.48 bits per heavy atom. The number of imidazole rings is 1. The molecule has 1 aliphatic carbocycles. The fourth-order valence-electron chi connectivity index (χ4n) is 5.06. The number of nitrogens with zero attached hydrogens (tertiary/aromatic N) is 3. The van der Waals surface area contributed by atoms with Crippen molar-refractivity contribution in [2.45, 2.75) is 38.5 Å². The molecule has 0 unspecified atom stereocenters. The van der Waals surface area contributed by atoms with Crippen LogP contribution in [0.3, 0.4) is 0 Å². The van der Waals surface area contributed by atoms with E-state index >= 15 is 0 Å². The number of aromatic nitrogens is 2. The lowest BCUT2D eigenvalue weighted by atomic mass is 9.88. The summed E-state index contributed by atoms with van der Waals surface area (Å²) < 4.78 is 12.9. The predicted molar refractivity (Wildman–Crippen MR) is 129 cm³/mol. The molecule has 1 amide bonds. The fourth-order valence-corrected chi connectivity index (χ4v) is 5.06. The van der Waals surface area contributed by atoms with Gasteiger partial charge in [-0.3, -0.25) is 4.79 Å². The molecule has 5 rings (SSSR count). The molecule has 2 aliphatic rings. The van der Waals surface area contributed by atoms with E-state index in [2.05, 4.69) is 28.8 Å². The molecule has 0 atom stereocenters. The van der Waals surface area contributed by atoms with E-state index in [1.807, 2.05) is 29.3 Å². The lowest BCUT2D eigenvalue weighted by Crippen LogP contribution is -2.39. The number of hydrogen-bond acceptors (Lipinski definition) is 4. The number of carbonyl (C=O) groups excluding carboxylic acids is 1. The van der Waals surface area contributed by atoms with E-state index in [1.54, 1.807) is 14.2 Å². The number of benzene rings is 1. The summed E-state index contributed by atoms with van der Waals surface area (Å²) in [6.07, 6.45) is 13.1. The largest absolute Gasteiger partial charge is 0.493 e. The fraction of sp³-hybridized carbons (Fsp3) is 0.407. The molecule has 3 heterocycles. The number of pyridine rings is 1. The molecular weight excluding hydrogens is 414 g/mol. The lowest BCUT2D eigenvalue weighted by Gasteiger charge is -2.31. The molecule has 1 aromatic carbocycles. The van der Waals surface area contributed by atoms with E-state index in [1.165, 1.54) is 30.4 Å². The molecule has 1 aliphatic heterocycles. The van der Waals surface area contributed by atoms with Gasteiger partial charge < -0.3 is 18.8 Å². The molecule has 33 heavy (non-hydrogen) atoms. The van der Waals surface area contributed by atoms with Crippen molar-refractivity contribution >= 4 is 17.1 Å². The Morgan fingerprint density at radius 1 is 0.970 bits per heavy atom. The van der Waals surface area contributed by atoms with Crippen molar-refractivity contribution < 1.29 is 14.3 Å². The van der Waals surface area contributed by atoms with Crippen molar-refractivity contribution in [1.82, 2.24) is 14.3 Å². The second-order valence-corrected chi connectivity index (χ2v) is 8.98. The van der Waals surface area contributed by atoms with E-state index < -0.39 is 0 Å². The highest BCUT2D eigenvalue weighted by molar-refractivity contribution is 5.80. The summed E-state index contributed by atoms with van der Waals surface area (Å²) in [7, 11) is 3.27. The van der Waals surface area contributed by atoms with Crippen molar-refractivity contribution in [3.8, 4) is 22.8 Å². The van der Waals surface area contributed by atoms with E-state index in [-0.39, 0.29) is 5.92 Å². The zero-order chi connectivity index (χ0) is 22.8. The number of amides is 1. The van der Waals surface area contributed by atoms with Gasteiger partial charge in [0.25, 0.3) is 0 Å². The van der Waals surface area contributed by atoms with Gasteiger partial charge in [-0.25, -0.2) is 4.98 Å². The molecule has 1 saturated carbocycles. The van der Waals surface area contributed by atoms with Crippen molar-refractivity contribution in [3.05, 3.63) is 54.4 Å². The Labute approximate surface area is 194 Å². The van der Waals surface area contributed by atoms with Gasteiger partial charge in [-0.1, -0.05) is 25.3 Å². The maximum atomic E-state index is 12.9. The van der Waals surface area contributed by atoms with Crippen LogP contribution in [0, 0.1) is 5.92 Å². The summed E-state index contributed by atoms with van der Waals surface area (Å²) in [5.41, 5.74) is 5.24. The summed E-state index contributed by atoms with van der Waals surface area (Å²) >= 11 is 0. The van der Waals surface area contributed by atoms with Crippen LogP contribution in [0.5, 0.6) is 11.5 Å². The molecule has 172 valence electrons. The van der Waals surface area contributed by atoms with Crippen LogP contribution in [-0.4, -0.2) is 47.5 Å². The minimum absolute atomic E-state index is 0.242. The SMILES string of the molecule is COc1ccc(-c2cn3cc(C4=CCN(C(=O)C5CCCCC5)CC4)ccc3n2)cc1OC. The van der Waals surface area contributed by atoms with Crippen molar-refractivity contribution in [3.63, 3.8) is 0 Å². The molecule has 3 aromatic rings. The van der Waals surface area contributed by atoms with Gasteiger partial charge in [0, 0.05) is 37.0 Å². The smallest absolute Gasteiger partial charge is 0.225 e. The highest BCUT2D eigenvalue weighted by Gasteiger charge is 2.27. The average molecular weight is 446 g/mol. The Morgan fingerprint density at radius 2 is 1.76 bits per heavy atom. The number of rotatable bonds is 5. The minimum Gasteiger partial charge on any atom is -0.493 e. The van der Waals surface area contributed by atoms with E-state index in [0.717, 1.165) is 42.7 Å². The van der Waals surface area contributed by atoms with E-state index in [4.69, 9.17) is 14.5 Å². The molecule has 1 fully saturated rings. The van der Waals surface area contributed by atoms with Crippen LogP contribution >= 0.6 is 0 Å². The summed E-state index contributed by atoms with van der Waals surface area (Å²) in [6.45, 7) is 1.52. The topological polar surface area (TPSA) is 56.1 Å². The van der Waals surface area contributed by atoms with E-state index in [0.29, 0.717) is 24.0 Å². The van der Waals surface area contributed by atoms with Gasteiger partial charge in [-0.15, -0.1) is 0 Å². The first kappa shape index (κ1) is 21.6. The monoisotopic (exact) mass is 445 g/mol. The van der Waals surface area contributed by atoms with Crippen LogP contribution < -0.4 is 9.47 Å². The Hall–Kier alpha value is -3.28. The van der Waals surface area contributed by atoms with Crippen molar-refractivity contribution in [2.75, 3.05) is 27.3 Å². The van der Waals surface area contributed by atoms with Crippen LogP contribution in [0.1, 0.15) is 44.1 Å². The third kappa shape index (κ3) is 4.34. The Balaban J connectivity index is 1.34. The zero-order valence-electron chi connectivity index (χ0n) is 19.4. The number of fused-ring (bicyclic) bond motifs is 1. The summed E-state index contributed by atoms with van der Waals surface area (Å²) in [5, 5.41) is 0. The average Bonchev–Trinajstić information content (AvgIpc) is 3.32.